The van der Waals surface area contributed by atoms with Gasteiger partial charge in [-0.3, -0.25) is 9.88 Å². The Labute approximate surface area is 162 Å². The van der Waals surface area contributed by atoms with Crippen LogP contribution in [-0.4, -0.2) is 83.9 Å². The molecule has 0 unspecified atom stereocenters. The van der Waals surface area contributed by atoms with E-state index in [0.717, 1.165) is 58.7 Å². The SMILES string of the molecule is CC(C)(O)CN1CCN(C(=O)NCC2CCN(c3ccncc3)CC2)CC1. The number of piperazine rings is 1. The molecule has 3 rings (SSSR count). The summed E-state index contributed by atoms with van der Waals surface area (Å²) >= 11 is 0. The molecule has 2 aliphatic heterocycles. The Bertz CT molecular complexity index is 588. The molecular formula is C20H33N5O2. The largest absolute Gasteiger partial charge is 0.389 e. The van der Waals surface area contributed by atoms with E-state index in [1.807, 2.05) is 31.1 Å². The van der Waals surface area contributed by atoms with Gasteiger partial charge in [0, 0.05) is 70.4 Å². The Morgan fingerprint density at radius 1 is 1.15 bits per heavy atom. The normalized spacial score (nSPS) is 20.0. The third-order valence-electron chi connectivity index (χ3n) is 5.45. The highest BCUT2D eigenvalue weighted by atomic mass is 16.3. The van der Waals surface area contributed by atoms with Crippen LogP contribution in [0.5, 0.6) is 0 Å². The Hall–Kier alpha value is -1.86. The van der Waals surface area contributed by atoms with Gasteiger partial charge in [-0.05, 0) is 44.7 Å². The van der Waals surface area contributed by atoms with Crippen molar-refractivity contribution < 1.29 is 9.90 Å². The Morgan fingerprint density at radius 2 is 1.78 bits per heavy atom. The molecule has 0 aromatic carbocycles. The predicted molar refractivity (Wildman–Crippen MR) is 107 cm³/mol. The van der Waals surface area contributed by atoms with Crippen molar-refractivity contribution in [2.24, 2.45) is 5.92 Å². The molecule has 27 heavy (non-hydrogen) atoms. The Balaban J connectivity index is 1.35. The second kappa shape index (κ2) is 8.89. The van der Waals surface area contributed by atoms with Crippen molar-refractivity contribution in [3.8, 4) is 0 Å². The van der Waals surface area contributed by atoms with Crippen LogP contribution in [0.1, 0.15) is 26.7 Å². The van der Waals surface area contributed by atoms with E-state index in [1.54, 1.807) is 0 Å². The average Bonchev–Trinajstić information content (AvgIpc) is 2.66. The highest BCUT2D eigenvalue weighted by Crippen LogP contribution is 2.22. The van der Waals surface area contributed by atoms with Gasteiger partial charge in [-0.1, -0.05) is 0 Å². The van der Waals surface area contributed by atoms with Crippen LogP contribution in [0.4, 0.5) is 10.5 Å². The van der Waals surface area contributed by atoms with Gasteiger partial charge in [-0.2, -0.15) is 0 Å². The Morgan fingerprint density at radius 3 is 2.37 bits per heavy atom. The van der Waals surface area contributed by atoms with Gasteiger partial charge in [-0.25, -0.2) is 4.79 Å². The molecule has 0 aliphatic carbocycles. The Kier molecular flexibility index (Phi) is 6.55. The zero-order valence-corrected chi connectivity index (χ0v) is 16.6. The van der Waals surface area contributed by atoms with Gasteiger partial charge in [0.15, 0.2) is 0 Å². The van der Waals surface area contributed by atoms with Crippen molar-refractivity contribution >= 4 is 11.7 Å². The molecule has 2 saturated heterocycles. The summed E-state index contributed by atoms with van der Waals surface area (Å²) in [6.45, 7) is 10.2. The third-order valence-corrected chi connectivity index (χ3v) is 5.45. The van der Waals surface area contributed by atoms with Gasteiger partial charge in [0.25, 0.3) is 0 Å². The lowest BCUT2D eigenvalue weighted by atomic mass is 9.96. The summed E-state index contributed by atoms with van der Waals surface area (Å²) in [5, 5.41) is 13.1. The monoisotopic (exact) mass is 375 g/mol. The molecule has 0 bridgehead atoms. The highest BCUT2D eigenvalue weighted by Gasteiger charge is 2.26. The summed E-state index contributed by atoms with van der Waals surface area (Å²) in [6.07, 6.45) is 5.87. The van der Waals surface area contributed by atoms with Crippen LogP contribution >= 0.6 is 0 Å². The van der Waals surface area contributed by atoms with E-state index < -0.39 is 5.60 Å². The zero-order chi connectivity index (χ0) is 19.3. The minimum absolute atomic E-state index is 0.0504. The number of nitrogens with one attached hydrogen (secondary N) is 1. The summed E-state index contributed by atoms with van der Waals surface area (Å²) in [5.74, 6) is 0.545. The van der Waals surface area contributed by atoms with Crippen LogP contribution in [-0.2, 0) is 0 Å². The number of nitrogens with zero attached hydrogens (tertiary/aromatic N) is 4. The lowest BCUT2D eigenvalue weighted by molar-refractivity contribution is 0.0224. The first kappa shape index (κ1) is 19.9. The number of amides is 2. The standard InChI is InChI=1S/C20H33N5O2/c1-20(2,27)16-23-11-13-25(14-12-23)19(26)22-15-17-5-9-24(10-6-17)18-3-7-21-8-4-18/h3-4,7-8,17,27H,5-6,9-16H2,1-2H3,(H,22,26). The minimum atomic E-state index is -0.685. The fourth-order valence-corrected chi connectivity index (χ4v) is 3.95. The molecular weight excluding hydrogens is 342 g/mol. The highest BCUT2D eigenvalue weighted by molar-refractivity contribution is 5.74. The third kappa shape index (κ3) is 6.07. The number of pyridine rings is 1. The van der Waals surface area contributed by atoms with E-state index in [-0.39, 0.29) is 6.03 Å². The number of anilines is 1. The number of aliphatic hydroxyl groups is 1. The molecule has 2 fully saturated rings. The fraction of sp³-hybridized carbons (Fsp3) is 0.700. The number of piperidine rings is 1. The fourth-order valence-electron chi connectivity index (χ4n) is 3.95. The maximum absolute atomic E-state index is 12.4. The number of aromatic nitrogens is 1. The predicted octanol–water partition coefficient (Wildman–Crippen LogP) is 1.40. The first-order chi connectivity index (χ1) is 12.9. The van der Waals surface area contributed by atoms with Crippen LogP contribution < -0.4 is 10.2 Å². The molecule has 0 spiro atoms. The van der Waals surface area contributed by atoms with E-state index >= 15 is 0 Å². The number of hydrogen-bond acceptors (Lipinski definition) is 5. The van der Waals surface area contributed by atoms with Crippen molar-refractivity contribution in [1.29, 1.82) is 0 Å². The van der Waals surface area contributed by atoms with E-state index in [1.165, 1.54) is 5.69 Å². The molecule has 7 nitrogen and oxygen atoms in total. The van der Waals surface area contributed by atoms with Crippen LogP contribution in [0, 0.1) is 5.92 Å². The lowest BCUT2D eigenvalue weighted by Crippen LogP contribution is -2.54. The van der Waals surface area contributed by atoms with Crippen molar-refractivity contribution in [2.45, 2.75) is 32.3 Å². The molecule has 1 aromatic rings. The molecule has 7 heteroatoms. The first-order valence-corrected chi connectivity index (χ1v) is 10.0. The summed E-state index contributed by atoms with van der Waals surface area (Å²) in [4.78, 5) is 23.0. The molecule has 1 aromatic heterocycles. The smallest absolute Gasteiger partial charge is 0.317 e. The van der Waals surface area contributed by atoms with Crippen LogP contribution in [0.2, 0.25) is 0 Å². The van der Waals surface area contributed by atoms with Crippen LogP contribution in [0.3, 0.4) is 0 Å². The number of urea groups is 1. The second-order valence-corrected chi connectivity index (χ2v) is 8.40. The van der Waals surface area contributed by atoms with Gasteiger partial charge in [0.2, 0.25) is 0 Å². The van der Waals surface area contributed by atoms with Crippen molar-refractivity contribution in [3.63, 3.8) is 0 Å². The average molecular weight is 376 g/mol. The quantitative estimate of drug-likeness (QED) is 0.814. The number of β-amino-alcohol motifs (C(OH)–C–C–N with tert-alkyl or cyclic N) is 1. The molecule has 0 atom stereocenters. The van der Waals surface area contributed by atoms with E-state index in [2.05, 4.69) is 32.2 Å². The number of hydrogen-bond donors (Lipinski definition) is 2. The minimum Gasteiger partial charge on any atom is -0.389 e. The van der Waals surface area contributed by atoms with E-state index in [4.69, 9.17) is 0 Å². The van der Waals surface area contributed by atoms with E-state index in [0.29, 0.717) is 12.5 Å². The van der Waals surface area contributed by atoms with Crippen molar-refractivity contribution in [3.05, 3.63) is 24.5 Å². The summed E-state index contributed by atoms with van der Waals surface area (Å²) in [5.41, 5.74) is 0.548. The van der Waals surface area contributed by atoms with Gasteiger partial charge in [0.1, 0.15) is 0 Å². The molecule has 2 aliphatic rings. The topological polar surface area (TPSA) is 71.9 Å². The van der Waals surface area contributed by atoms with E-state index in [9.17, 15) is 9.90 Å². The molecule has 0 saturated carbocycles. The molecule has 2 N–H and O–H groups in total. The number of rotatable bonds is 5. The van der Waals surface area contributed by atoms with Gasteiger partial charge in [-0.15, -0.1) is 0 Å². The molecule has 2 amide bonds. The molecule has 150 valence electrons. The van der Waals surface area contributed by atoms with Gasteiger partial charge < -0.3 is 20.2 Å². The van der Waals surface area contributed by atoms with Gasteiger partial charge >= 0.3 is 6.03 Å². The molecule has 0 radical (unpaired) electrons. The lowest BCUT2D eigenvalue weighted by Gasteiger charge is -2.38. The second-order valence-electron chi connectivity index (χ2n) is 8.40. The van der Waals surface area contributed by atoms with Crippen LogP contribution in [0.15, 0.2) is 24.5 Å². The zero-order valence-electron chi connectivity index (χ0n) is 16.6. The van der Waals surface area contributed by atoms with Crippen LogP contribution in [0.25, 0.3) is 0 Å². The summed E-state index contributed by atoms with van der Waals surface area (Å²) in [6, 6.07) is 4.16. The summed E-state index contributed by atoms with van der Waals surface area (Å²) < 4.78 is 0. The molecule has 3 heterocycles. The first-order valence-electron chi connectivity index (χ1n) is 10.0. The maximum atomic E-state index is 12.4. The van der Waals surface area contributed by atoms with Crippen molar-refractivity contribution in [1.82, 2.24) is 20.1 Å². The maximum Gasteiger partial charge on any atom is 0.317 e. The number of carbonyl (C=O) groups is 1. The summed E-state index contributed by atoms with van der Waals surface area (Å²) in [7, 11) is 0. The number of carbonyl (C=O) groups excluding carboxylic acids is 1. The van der Waals surface area contributed by atoms with Gasteiger partial charge in [0.05, 0.1) is 5.60 Å². The van der Waals surface area contributed by atoms with Crippen molar-refractivity contribution in [2.75, 3.05) is 57.3 Å².